The Hall–Kier alpha value is -3.40. The molecule has 0 bridgehead atoms. The van der Waals surface area contributed by atoms with E-state index in [9.17, 15) is 22.7 Å². The van der Waals surface area contributed by atoms with Gasteiger partial charge < -0.3 is 20.5 Å². The van der Waals surface area contributed by atoms with Crippen molar-refractivity contribution in [3.63, 3.8) is 0 Å². The summed E-state index contributed by atoms with van der Waals surface area (Å²) < 4.78 is 55.1. The van der Waals surface area contributed by atoms with Gasteiger partial charge in [0.1, 0.15) is 17.4 Å². The van der Waals surface area contributed by atoms with Gasteiger partial charge in [0.25, 0.3) is 0 Å². The number of hydrogen-bond donors (Lipinski definition) is 3. The Labute approximate surface area is 175 Å². The number of nitrogens with one attached hydrogen (secondary N) is 2. The van der Waals surface area contributed by atoms with Crippen LogP contribution in [0.3, 0.4) is 0 Å². The molecule has 0 saturated carbocycles. The number of aliphatic hydroxyl groups excluding tert-OH is 1. The molecule has 2 aromatic carbocycles. The van der Waals surface area contributed by atoms with Crippen molar-refractivity contribution in [2.24, 2.45) is 0 Å². The van der Waals surface area contributed by atoms with Crippen LogP contribution >= 0.6 is 0 Å². The number of aromatic nitrogens is 2. The quantitative estimate of drug-likeness (QED) is 0.451. The first-order valence-electron chi connectivity index (χ1n) is 9.29. The lowest BCUT2D eigenvalue weighted by molar-refractivity contribution is -0.274. The molecule has 1 aromatic heterocycles. The zero-order chi connectivity index (χ0) is 22.6. The van der Waals surface area contributed by atoms with Gasteiger partial charge in [0, 0.05) is 23.4 Å². The normalized spacial score (nSPS) is 12.4. The van der Waals surface area contributed by atoms with Crippen molar-refractivity contribution < 1.29 is 27.4 Å². The van der Waals surface area contributed by atoms with Crippen LogP contribution in [0.4, 0.5) is 35.0 Å². The number of anilines is 3. The third kappa shape index (κ3) is 6.29. The van der Waals surface area contributed by atoms with Crippen molar-refractivity contribution >= 4 is 17.5 Å². The molecule has 3 rings (SSSR count). The van der Waals surface area contributed by atoms with E-state index in [4.69, 9.17) is 0 Å². The summed E-state index contributed by atoms with van der Waals surface area (Å²) in [6.07, 6.45) is -4.82. The molecule has 0 aliphatic carbocycles. The smallest absolute Gasteiger partial charge is 0.406 e. The van der Waals surface area contributed by atoms with Gasteiger partial charge in [0.2, 0.25) is 5.95 Å². The molecule has 0 radical (unpaired) electrons. The Kier molecular flexibility index (Phi) is 6.59. The SMILES string of the molecule is Cc1cc(F)ccc1Nc1cc(-c2cccc(OC(F)(F)F)c2)nc(N[C@H](C)CO)n1. The lowest BCUT2D eigenvalue weighted by Crippen LogP contribution is -2.21. The second kappa shape index (κ2) is 9.17. The van der Waals surface area contributed by atoms with Gasteiger partial charge >= 0.3 is 6.36 Å². The molecule has 3 N–H and O–H groups in total. The van der Waals surface area contributed by atoms with Crippen molar-refractivity contribution in [3.8, 4) is 17.0 Å². The Balaban J connectivity index is 2.00. The lowest BCUT2D eigenvalue weighted by atomic mass is 10.1. The van der Waals surface area contributed by atoms with E-state index >= 15 is 0 Å². The molecule has 10 heteroatoms. The van der Waals surface area contributed by atoms with Crippen LogP contribution in [-0.2, 0) is 0 Å². The highest BCUT2D eigenvalue weighted by atomic mass is 19.4. The molecule has 164 valence electrons. The van der Waals surface area contributed by atoms with Crippen molar-refractivity contribution in [2.75, 3.05) is 17.2 Å². The summed E-state index contributed by atoms with van der Waals surface area (Å²) in [5.41, 5.74) is 1.92. The number of ether oxygens (including phenoxy) is 1. The van der Waals surface area contributed by atoms with Gasteiger partial charge in [-0.15, -0.1) is 13.2 Å². The average molecular weight is 436 g/mol. The lowest BCUT2D eigenvalue weighted by Gasteiger charge is -2.15. The molecule has 0 aliphatic rings. The van der Waals surface area contributed by atoms with E-state index in [1.165, 1.54) is 30.3 Å². The Morgan fingerprint density at radius 2 is 1.87 bits per heavy atom. The van der Waals surface area contributed by atoms with Gasteiger partial charge in [0.05, 0.1) is 12.3 Å². The molecule has 1 atom stereocenters. The van der Waals surface area contributed by atoms with E-state index in [0.717, 1.165) is 0 Å². The minimum absolute atomic E-state index is 0.156. The highest BCUT2D eigenvalue weighted by molar-refractivity contribution is 5.69. The van der Waals surface area contributed by atoms with E-state index in [1.807, 2.05) is 0 Å². The minimum atomic E-state index is -4.82. The molecular formula is C21H20F4N4O2. The first kappa shape index (κ1) is 22.3. The second-order valence-corrected chi connectivity index (χ2v) is 6.85. The maximum atomic E-state index is 13.4. The number of hydrogen-bond acceptors (Lipinski definition) is 6. The summed E-state index contributed by atoms with van der Waals surface area (Å²) in [6.45, 7) is 3.26. The molecule has 1 heterocycles. The molecule has 0 amide bonds. The standard InChI is InChI=1S/C21H20F4N4O2/c1-12-8-15(22)6-7-17(12)27-19-10-18(28-20(29-19)26-13(2)11-30)14-4-3-5-16(9-14)31-21(23,24)25/h3-10,13,30H,11H2,1-2H3,(H2,26,27,28,29)/t13-/m1/s1. The Bertz CT molecular complexity index is 1060. The predicted octanol–water partition coefficient (Wildman–Crippen LogP) is 5.03. The first-order valence-corrected chi connectivity index (χ1v) is 9.29. The fourth-order valence-electron chi connectivity index (χ4n) is 2.75. The van der Waals surface area contributed by atoms with E-state index < -0.39 is 6.36 Å². The number of benzene rings is 2. The van der Waals surface area contributed by atoms with Crippen molar-refractivity contribution in [1.82, 2.24) is 9.97 Å². The topological polar surface area (TPSA) is 79.3 Å². The van der Waals surface area contributed by atoms with Crippen LogP contribution in [0.15, 0.2) is 48.5 Å². The second-order valence-electron chi connectivity index (χ2n) is 6.85. The van der Waals surface area contributed by atoms with Crippen LogP contribution in [0.2, 0.25) is 0 Å². The molecule has 6 nitrogen and oxygen atoms in total. The molecular weight excluding hydrogens is 416 g/mol. The molecule has 3 aromatic rings. The average Bonchev–Trinajstić information content (AvgIpc) is 2.69. The Morgan fingerprint density at radius 3 is 2.55 bits per heavy atom. The fourth-order valence-corrected chi connectivity index (χ4v) is 2.75. The number of alkyl halides is 3. The molecule has 0 spiro atoms. The zero-order valence-corrected chi connectivity index (χ0v) is 16.7. The van der Waals surface area contributed by atoms with Crippen LogP contribution < -0.4 is 15.4 Å². The van der Waals surface area contributed by atoms with E-state index in [1.54, 1.807) is 32.0 Å². The summed E-state index contributed by atoms with van der Waals surface area (Å²) in [7, 11) is 0. The maximum Gasteiger partial charge on any atom is 0.573 e. The third-order valence-corrected chi connectivity index (χ3v) is 4.19. The van der Waals surface area contributed by atoms with Gasteiger partial charge in [-0.25, -0.2) is 9.37 Å². The summed E-state index contributed by atoms with van der Waals surface area (Å²) in [4.78, 5) is 8.68. The highest BCUT2D eigenvalue weighted by Gasteiger charge is 2.31. The van der Waals surface area contributed by atoms with Gasteiger partial charge in [-0.05, 0) is 49.7 Å². The van der Waals surface area contributed by atoms with Crippen molar-refractivity contribution in [3.05, 3.63) is 59.9 Å². The number of nitrogens with zero attached hydrogens (tertiary/aromatic N) is 2. The zero-order valence-electron chi connectivity index (χ0n) is 16.7. The first-order chi connectivity index (χ1) is 14.6. The minimum Gasteiger partial charge on any atom is -0.406 e. The molecule has 0 unspecified atom stereocenters. The highest BCUT2D eigenvalue weighted by Crippen LogP contribution is 2.30. The van der Waals surface area contributed by atoms with E-state index in [-0.39, 0.29) is 30.2 Å². The van der Waals surface area contributed by atoms with Crippen molar-refractivity contribution in [2.45, 2.75) is 26.3 Å². The van der Waals surface area contributed by atoms with Crippen LogP contribution in [-0.4, -0.2) is 34.1 Å². The summed E-state index contributed by atoms with van der Waals surface area (Å²) in [6, 6.07) is 10.8. The Morgan fingerprint density at radius 1 is 1.10 bits per heavy atom. The molecule has 0 fully saturated rings. The van der Waals surface area contributed by atoms with Gasteiger partial charge in [-0.3, -0.25) is 0 Å². The van der Waals surface area contributed by atoms with Crippen molar-refractivity contribution in [1.29, 1.82) is 0 Å². The van der Waals surface area contributed by atoms with Crippen LogP contribution in [0.1, 0.15) is 12.5 Å². The van der Waals surface area contributed by atoms with E-state index in [0.29, 0.717) is 28.3 Å². The van der Waals surface area contributed by atoms with E-state index in [2.05, 4.69) is 25.3 Å². The third-order valence-electron chi connectivity index (χ3n) is 4.19. The number of aryl methyl sites for hydroxylation is 1. The van der Waals surface area contributed by atoms with Crippen LogP contribution in [0, 0.1) is 12.7 Å². The summed E-state index contributed by atoms with van der Waals surface area (Å²) in [5.74, 6) is -0.282. The van der Waals surface area contributed by atoms with Gasteiger partial charge in [-0.2, -0.15) is 4.98 Å². The molecule has 0 saturated heterocycles. The number of rotatable bonds is 7. The fraction of sp³-hybridized carbons (Fsp3) is 0.238. The van der Waals surface area contributed by atoms with Gasteiger partial charge in [0.15, 0.2) is 0 Å². The number of halogens is 4. The monoisotopic (exact) mass is 436 g/mol. The van der Waals surface area contributed by atoms with Gasteiger partial charge in [-0.1, -0.05) is 12.1 Å². The molecule has 0 aliphatic heterocycles. The summed E-state index contributed by atoms with van der Waals surface area (Å²) >= 11 is 0. The van der Waals surface area contributed by atoms with Crippen LogP contribution in [0.25, 0.3) is 11.3 Å². The van der Waals surface area contributed by atoms with Crippen LogP contribution in [0.5, 0.6) is 5.75 Å². The summed E-state index contributed by atoms with van der Waals surface area (Å²) in [5, 5.41) is 15.3. The molecule has 31 heavy (non-hydrogen) atoms. The number of aliphatic hydroxyl groups is 1. The largest absolute Gasteiger partial charge is 0.573 e. The predicted molar refractivity (Wildman–Crippen MR) is 109 cm³/mol. The maximum absolute atomic E-state index is 13.4.